The second-order valence-corrected chi connectivity index (χ2v) is 5.74. The quantitative estimate of drug-likeness (QED) is 0.812. The van der Waals surface area contributed by atoms with Gasteiger partial charge in [-0.15, -0.1) is 0 Å². The van der Waals surface area contributed by atoms with Crippen molar-refractivity contribution in [3.05, 3.63) is 29.8 Å². The number of carbonyl (C=O) groups is 2. The van der Waals surface area contributed by atoms with Crippen LogP contribution in [-0.2, 0) is 15.1 Å². The maximum Gasteiger partial charge on any atom is 0.316 e. The zero-order valence-electron chi connectivity index (χ0n) is 11.6. The summed E-state index contributed by atoms with van der Waals surface area (Å²) in [4.78, 5) is 26.7. The smallest absolute Gasteiger partial charge is 0.316 e. The van der Waals surface area contributed by atoms with Gasteiger partial charge in [-0.2, -0.15) is 0 Å². The molecule has 2 N–H and O–H groups in total. The molecule has 0 radical (unpaired) electrons. The third-order valence-corrected chi connectivity index (χ3v) is 4.43. The van der Waals surface area contributed by atoms with Gasteiger partial charge in [-0.05, 0) is 37.0 Å². The van der Waals surface area contributed by atoms with Gasteiger partial charge in [-0.3, -0.25) is 9.59 Å². The molecule has 5 nitrogen and oxygen atoms in total. The van der Waals surface area contributed by atoms with Gasteiger partial charge in [0.05, 0.1) is 0 Å². The van der Waals surface area contributed by atoms with Crippen LogP contribution in [0.2, 0.25) is 0 Å². The molecule has 0 unspecified atom stereocenters. The molecule has 1 saturated heterocycles. The van der Waals surface area contributed by atoms with Crippen LogP contribution in [0.3, 0.4) is 0 Å². The highest BCUT2D eigenvalue weighted by Crippen LogP contribution is 2.39. The summed E-state index contributed by atoms with van der Waals surface area (Å²) in [6, 6.07) is 7.73. The summed E-state index contributed by atoms with van der Waals surface area (Å²) in [6.07, 6.45) is 3.19. The Morgan fingerprint density at radius 2 is 1.70 bits per heavy atom. The average Bonchev–Trinajstić information content (AvgIpc) is 2.43. The van der Waals surface area contributed by atoms with Crippen molar-refractivity contribution in [3.8, 4) is 0 Å². The van der Waals surface area contributed by atoms with Gasteiger partial charge in [0.25, 0.3) is 0 Å². The Morgan fingerprint density at radius 3 is 2.25 bits per heavy atom. The van der Waals surface area contributed by atoms with Crippen molar-refractivity contribution in [2.75, 3.05) is 25.0 Å². The fourth-order valence-electron chi connectivity index (χ4n) is 2.80. The molecule has 0 spiro atoms. The predicted molar refractivity (Wildman–Crippen MR) is 76.1 cm³/mol. The molecule has 0 atom stereocenters. The van der Waals surface area contributed by atoms with E-state index in [4.69, 9.17) is 5.73 Å². The van der Waals surface area contributed by atoms with Crippen molar-refractivity contribution in [2.24, 2.45) is 5.73 Å². The predicted octanol–water partition coefficient (Wildman–Crippen LogP) is 0.829. The summed E-state index contributed by atoms with van der Waals surface area (Å²) in [5, 5.41) is 0. The lowest BCUT2D eigenvalue weighted by atomic mass is 9.73. The molecular weight excluding hydrogens is 254 g/mol. The van der Waals surface area contributed by atoms with Crippen molar-refractivity contribution in [1.29, 1.82) is 0 Å². The van der Waals surface area contributed by atoms with E-state index in [-0.39, 0.29) is 5.54 Å². The van der Waals surface area contributed by atoms with Crippen LogP contribution in [0, 0.1) is 0 Å². The van der Waals surface area contributed by atoms with E-state index in [0.717, 1.165) is 24.1 Å². The summed E-state index contributed by atoms with van der Waals surface area (Å²) >= 11 is 0. The minimum Gasteiger partial charge on any atom is -0.336 e. The Balaban J connectivity index is 1.81. The van der Waals surface area contributed by atoms with Crippen LogP contribution in [0.4, 0.5) is 5.69 Å². The molecular formula is C15H19N3O2. The van der Waals surface area contributed by atoms with E-state index in [1.165, 1.54) is 16.2 Å². The van der Waals surface area contributed by atoms with Gasteiger partial charge in [0.15, 0.2) is 0 Å². The Hall–Kier alpha value is -1.88. The van der Waals surface area contributed by atoms with E-state index in [0.29, 0.717) is 13.1 Å². The number of benzene rings is 1. The van der Waals surface area contributed by atoms with E-state index < -0.39 is 11.8 Å². The first-order valence-corrected chi connectivity index (χ1v) is 6.98. The standard InChI is InChI=1S/C15H19N3O2/c1-17-9-10-18(14(20)13(17)19)12-5-3-11(4-6-12)15(16)7-2-8-15/h3-6H,2,7-10,16H2,1H3. The monoisotopic (exact) mass is 273 g/mol. The highest BCUT2D eigenvalue weighted by molar-refractivity contribution is 6.40. The minimum absolute atomic E-state index is 0.194. The summed E-state index contributed by atoms with van der Waals surface area (Å²) < 4.78 is 0. The van der Waals surface area contributed by atoms with E-state index in [1.807, 2.05) is 24.3 Å². The van der Waals surface area contributed by atoms with Crippen molar-refractivity contribution in [1.82, 2.24) is 4.90 Å². The molecule has 106 valence electrons. The topological polar surface area (TPSA) is 66.6 Å². The molecule has 1 aliphatic carbocycles. The van der Waals surface area contributed by atoms with Crippen LogP contribution in [0.15, 0.2) is 24.3 Å². The van der Waals surface area contributed by atoms with Crippen LogP contribution >= 0.6 is 0 Å². The van der Waals surface area contributed by atoms with Gasteiger partial charge >= 0.3 is 11.8 Å². The zero-order chi connectivity index (χ0) is 14.3. The maximum atomic E-state index is 12.0. The summed E-state index contributed by atoms with van der Waals surface area (Å²) in [6.45, 7) is 1.10. The third kappa shape index (κ3) is 1.98. The van der Waals surface area contributed by atoms with Crippen molar-refractivity contribution in [3.63, 3.8) is 0 Å². The zero-order valence-corrected chi connectivity index (χ0v) is 11.6. The van der Waals surface area contributed by atoms with Gasteiger partial charge < -0.3 is 15.5 Å². The van der Waals surface area contributed by atoms with Gasteiger partial charge in [0.1, 0.15) is 0 Å². The first-order valence-electron chi connectivity index (χ1n) is 6.98. The molecule has 2 amide bonds. The van der Waals surface area contributed by atoms with Crippen LogP contribution in [0.25, 0.3) is 0 Å². The van der Waals surface area contributed by atoms with Gasteiger partial charge in [0.2, 0.25) is 0 Å². The maximum absolute atomic E-state index is 12.0. The molecule has 0 aromatic heterocycles. The van der Waals surface area contributed by atoms with Gasteiger partial charge in [-0.1, -0.05) is 12.1 Å². The number of anilines is 1. The largest absolute Gasteiger partial charge is 0.336 e. The Kier molecular flexibility index (Phi) is 3.01. The first kappa shape index (κ1) is 13.1. The van der Waals surface area contributed by atoms with E-state index >= 15 is 0 Å². The van der Waals surface area contributed by atoms with Crippen molar-refractivity contribution in [2.45, 2.75) is 24.8 Å². The first-order chi connectivity index (χ1) is 9.51. The molecule has 1 aromatic rings. The fraction of sp³-hybridized carbons (Fsp3) is 0.467. The van der Waals surface area contributed by atoms with Crippen molar-refractivity contribution >= 4 is 17.5 Å². The van der Waals surface area contributed by atoms with Crippen LogP contribution < -0.4 is 10.6 Å². The number of carbonyl (C=O) groups excluding carboxylic acids is 2. The molecule has 1 aromatic carbocycles. The highest BCUT2D eigenvalue weighted by atomic mass is 16.2. The van der Waals surface area contributed by atoms with Crippen LogP contribution in [0.1, 0.15) is 24.8 Å². The molecule has 0 bridgehead atoms. The molecule has 2 aliphatic rings. The Labute approximate surface area is 118 Å². The Morgan fingerprint density at radius 1 is 1.05 bits per heavy atom. The number of nitrogens with two attached hydrogens (primary N) is 1. The number of likely N-dealkylation sites (N-methyl/N-ethyl adjacent to an activating group) is 1. The minimum atomic E-state index is -0.461. The molecule has 2 fully saturated rings. The summed E-state index contributed by atoms with van der Waals surface area (Å²) in [5.74, 6) is -0.910. The lowest BCUT2D eigenvalue weighted by Crippen LogP contribution is -2.53. The van der Waals surface area contributed by atoms with E-state index in [2.05, 4.69) is 0 Å². The fourth-order valence-corrected chi connectivity index (χ4v) is 2.80. The number of hydrogen-bond acceptors (Lipinski definition) is 3. The average molecular weight is 273 g/mol. The number of rotatable bonds is 2. The van der Waals surface area contributed by atoms with Gasteiger partial charge in [0, 0.05) is 31.4 Å². The summed E-state index contributed by atoms with van der Waals surface area (Å²) in [5.41, 5.74) is 7.96. The second kappa shape index (κ2) is 4.59. The lowest BCUT2D eigenvalue weighted by molar-refractivity contribution is -0.145. The number of hydrogen-bond donors (Lipinski definition) is 1. The SMILES string of the molecule is CN1CCN(c2ccc(C3(N)CCC3)cc2)C(=O)C1=O. The van der Waals surface area contributed by atoms with E-state index in [1.54, 1.807) is 7.05 Å². The summed E-state index contributed by atoms with van der Waals surface area (Å²) in [7, 11) is 1.65. The van der Waals surface area contributed by atoms with Gasteiger partial charge in [-0.25, -0.2) is 0 Å². The number of piperazine rings is 1. The highest BCUT2D eigenvalue weighted by Gasteiger charge is 2.35. The Bertz CT molecular complexity index is 549. The molecule has 1 heterocycles. The molecule has 5 heteroatoms. The number of nitrogens with zero attached hydrogens (tertiary/aromatic N) is 2. The second-order valence-electron chi connectivity index (χ2n) is 5.74. The normalized spacial score (nSPS) is 21.9. The van der Waals surface area contributed by atoms with E-state index in [9.17, 15) is 9.59 Å². The van der Waals surface area contributed by atoms with Crippen molar-refractivity contribution < 1.29 is 9.59 Å². The molecule has 3 rings (SSSR count). The molecule has 1 saturated carbocycles. The molecule has 20 heavy (non-hydrogen) atoms. The van der Waals surface area contributed by atoms with Crippen LogP contribution in [0.5, 0.6) is 0 Å². The third-order valence-electron chi connectivity index (χ3n) is 4.43. The number of amides is 2. The lowest BCUT2D eigenvalue weighted by Gasteiger charge is -2.39. The molecule has 1 aliphatic heterocycles. The van der Waals surface area contributed by atoms with Crippen LogP contribution in [-0.4, -0.2) is 36.9 Å².